The monoisotopic (exact) mass is 317 g/mol. The lowest BCUT2D eigenvalue weighted by Crippen LogP contribution is -2.45. The maximum absolute atomic E-state index is 5.43. The van der Waals surface area contributed by atoms with Crippen molar-refractivity contribution >= 4 is 11.5 Å². The number of hydrogen-bond acceptors (Lipinski definition) is 5. The second kappa shape index (κ2) is 6.84. The Labute approximate surface area is 137 Å². The van der Waals surface area contributed by atoms with Gasteiger partial charge in [-0.1, -0.05) is 13.8 Å². The maximum atomic E-state index is 5.43. The number of fused-ring (bicyclic) bond motifs is 1. The van der Waals surface area contributed by atoms with Gasteiger partial charge in [-0.15, -0.1) is 0 Å². The van der Waals surface area contributed by atoms with Crippen LogP contribution >= 0.6 is 0 Å². The van der Waals surface area contributed by atoms with Crippen LogP contribution in [0.2, 0.25) is 0 Å². The van der Waals surface area contributed by atoms with Crippen LogP contribution in [0.5, 0.6) is 0 Å². The lowest BCUT2D eigenvalue weighted by atomic mass is 10.1. The van der Waals surface area contributed by atoms with Crippen LogP contribution in [0, 0.1) is 6.92 Å². The van der Waals surface area contributed by atoms with Gasteiger partial charge in [0.15, 0.2) is 5.65 Å². The zero-order valence-corrected chi connectivity index (χ0v) is 14.5. The van der Waals surface area contributed by atoms with E-state index in [4.69, 9.17) is 9.72 Å². The summed E-state index contributed by atoms with van der Waals surface area (Å²) in [6.45, 7) is 13.2. The van der Waals surface area contributed by atoms with Gasteiger partial charge in [0, 0.05) is 43.5 Å². The third-order valence-corrected chi connectivity index (χ3v) is 4.41. The first-order valence-corrected chi connectivity index (χ1v) is 8.47. The number of ether oxygens (including phenoxy) is 1. The van der Waals surface area contributed by atoms with E-state index < -0.39 is 0 Å². The molecule has 0 spiro atoms. The molecule has 1 aliphatic rings. The lowest BCUT2D eigenvalue weighted by molar-refractivity contribution is 0.0227. The molecule has 126 valence electrons. The Kier molecular flexibility index (Phi) is 4.82. The molecular formula is C17H27N5O. The number of aromatic nitrogens is 3. The van der Waals surface area contributed by atoms with Crippen molar-refractivity contribution < 1.29 is 4.74 Å². The van der Waals surface area contributed by atoms with Crippen LogP contribution < -0.4 is 5.32 Å². The molecule has 0 saturated carbocycles. The molecular weight excluding hydrogens is 290 g/mol. The van der Waals surface area contributed by atoms with Gasteiger partial charge in [-0.3, -0.25) is 4.90 Å². The van der Waals surface area contributed by atoms with E-state index >= 15 is 0 Å². The molecule has 6 heteroatoms. The van der Waals surface area contributed by atoms with Gasteiger partial charge in [0.25, 0.3) is 0 Å². The average molecular weight is 317 g/mol. The van der Waals surface area contributed by atoms with Crippen LogP contribution in [-0.2, 0) is 4.74 Å². The minimum Gasteiger partial charge on any atom is -0.379 e. The van der Waals surface area contributed by atoms with Crippen LogP contribution in [0.4, 0.5) is 5.82 Å². The molecule has 6 nitrogen and oxygen atoms in total. The third-order valence-electron chi connectivity index (χ3n) is 4.41. The Hall–Kier alpha value is -1.66. The van der Waals surface area contributed by atoms with Crippen molar-refractivity contribution in [3.63, 3.8) is 0 Å². The predicted octanol–water partition coefficient (Wildman–Crippen LogP) is 2.29. The molecule has 0 amide bonds. The summed E-state index contributed by atoms with van der Waals surface area (Å²) in [5.74, 6) is 1.42. The van der Waals surface area contributed by atoms with Crippen molar-refractivity contribution in [3.8, 4) is 0 Å². The van der Waals surface area contributed by atoms with E-state index in [2.05, 4.69) is 42.2 Å². The van der Waals surface area contributed by atoms with E-state index in [0.29, 0.717) is 12.0 Å². The Morgan fingerprint density at radius 3 is 2.65 bits per heavy atom. The fourth-order valence-corrected chi connectivity index (χ4v) is 2.93. The fourth-order valence-electron chi connectivity index (χ4n) is 2.93. The number of nitrogens with zero attached hydrogens (tertiary/aromatic N) is 4. The molecule has 0 bridgehead atoms. The van der Waals surface area contributed by atoms with Crippen LogP contribution in [0.15, 0.2) is 12.1 Å². The molecule has 1 saturated heterocycles. The van der Waals surface area contributed by atoms with Crippen molar-refractivity contribution in [3.05, 3.63) is 23.5 Å². The first-order valence-electron chi connectivity index (χ1n) is 8.47. The summed E-state index contributed by atoms with van der Waals surface area (Å²) in [5, 5.41) is 8.13. The Morgan fingerprint density at radius 2 is 1.96 bits per heavy atom. The summed E-state index contributed by atoms with van der Waals surface area (Å²) < 4.78 is 7.34. The standard InChI is InChI=1S/C17H27N5O/c1-12(2)15-10-16(22-17(19-15)9-13(3)20-22)18-11-14(4)21-5-7-23-8-6-21/h9-10,12,14,18H,5-8,11H2,1-4H3. The zero-order chi connectivity index (χ0) is 16.4. The summed E-state index contributed by atoms with van der Waals surface area (Å²) in [6, 6.07) is 4.61. The van der Waals surface area contributed by atoms with Crippen LogP contribution in [0.1, 0.15) is 38.1 Å². The first kappa shape index (κ1) is 16.2. The van der Waals surface area contributed by atoms with E-state index in [1.807, 2.05) is 17.5 Å². The molecule has 0 aromatic carbocycles. The minimum absolute atomic E-state index is 0.396. The molecule has 1 atom stereocenters. The zero-order valence-electron chi connectivity index (χ0n) is 14.5. The topological polar surface area (TPSA) is 54.7 Å². The summed E-state index contributed by atoms with van der Waals surface area (Å²) in [5.41, 5.74) is 3.00. The summed E-state index contributed by atoms with van der Waals surface area (Å²) in [4.78, 5) is 7.17. The molecule has 3 rings (SSSR count). The van der Waals surface area contributed by atoms with Gasteiger partial charge in [0.1, 0.15) is 5.82 Å². The van der Waals surface area contributed by atoms with E-state index in [9.17, 15) is 0 Å². The Morgan fingerprint density at radius 1 is 1.22 bits per heavy atom. The molecule has 1 unspecified atom stereocenters. The molecule has 2 aromatic rings. The average Bonchev–Trinajstić information content (AvgIpc) is 2.93. The lowest BCUT2D eigenvalue weighted by Gasteiger charge is -2.32. The van der Waals surface area contributed by atoms with Crippen LogP contribution in [-0.4, -0.2) is 58.4 Å². The predicted molar refractivity (Wildman–Crippen MR) is 92.2 cm³/mol. The highest BCUT2D eigenvalue weighted by Gasteiger charge is 2.17. The Bertz CT molecular complexity index is 660. The van der Waals surface area contributed by atoms with Gasteiger partial charge < -0.3 is 10.1 Å². The number of nitrogens with one attached hydrogen (secondary N) is 1. The second-order valence-electron chi connectivity index (χ2n) is 6.65. The van der Waals surface area contributed by atoms with E-state index in [0.717, 1.165) is 55.7 Å². The Balaban J connectivity index is 1.78. The number of morpholine rings is 1. The SMILES string of the molecule is Cc1cc2nc(C(C)C)cc(NCC(C)N3CCOCC3)n2n1. The number of rotatable bonds is 5. The van der Waals surface area contributed by atoms with Gasteiger partial charge in [0.05, 0.1) is 18.9 Å². The molecule has 23 heavy (non-hydrogen) atoms. The normalized spacial score (nSPS) is 17.8. The van der Waals surface area contributed by atoms with Gasteiger partial charge in [-0.05, 0) is 19.8 Å². The van der Waals surface area contributed by atoms with Gasteiger partial charge in [-0.2, -0.15) is 9.61 Å². The highest BCUT2D eigenvalue weighted by molar-refractivity contribution is 5.51. The van der Waals surface area contributed by atoms with Crippen molar-refractivity contribution in [2.45, 2.75) is 39.7 Å². The quantitative estimate of drug-likeness (QED) is 0.917. The van der Waals surface area contributed by atoms with E-state index in [1.165, 1.54) is 0 Å². The molecule has 1 fully saturated rings. The fraction of sp³-hybridized carbons (Fsp3) is 0.647. The van der Waals surface area contributed by atoms with Crippen LogP contribution in [0.3, 0.4) is 0 Å². The maximum Gasteiger partial charge on any atom is 0.157 e. The number of hydrogen-bond donors (Lipinski definition) is 1. The van der Waals surface area contributed by atoms with Crippen molar-refractivity contribution in [2.75, 3.05) is 38.2 Å². The minimum atomic E-state index is 0.396. The molecule has 3 heterocycles. The molecule has 0 aliphatic carbocycles. The van der Waals surface area contributed by atoms with Crippen molar-refractivity contribution in [2.24, 2.45) is 0 Å². The largest absolute Gasteiger partial charge is 0.379 e. The van der Waals surface area contributed by atoms with Gasteiger partial charge in [-0.25, -0.2) is 4.98 Å². The third kappa shape index (κ3) is 3.64. The summed E-state index contributed by atoms with van der Waals surface area (Å²) in [6.07, 6.45) is 0. The summed E-state index contributed by atoms with van der Waals surface area (Å²) in [7, 11) is 0. The van der Waals surface area contributed by atoms with Crippen molar-refractivity contribution in [1.82, 2.24) is 19.5 Å². The van der Waals surface area contributed by atoms with Crippen LogP contribution in [0.25, 0.3) is 5.65 Å². The smallest absolute Gasteiger partial charge is 0.157 e. The first-order chi connectivity index (χ1) is 11.0. The van der Waals surface area contributed by atoms with Gasteiger partial charge >= 0.3 is 0 Å². The van der Waals surface area contributed by atoms with E-state index in [-0.39, 0.29) is 0 Å². The van der Waals surface area contributed by atoms with Gasteiger partial charge in [0.2, 0.25) is 0 Å². The molecule has 1 aliphatic heterocycles. The summed E-state index contributed by atoms with van der Waals surface area (Å²) >= 11 is 0. The number of aryl methyl sites for hydroxylation is 1. The van der Waals surface area contributed by atoms with Crippen molar-refractivity contribution in [1.29, 1.82) is 0 Å². The van der Waals surface area contributed by atoms with E-state index in [1.54, 1.807) is 0 Å². The molecule has 2 aromatic heterocycles. The molecule has 0 radical (unpaired) electrons. The second-order valence-corrected chi connectivity index (χ2v) is 6.65. The highest BCUT2D eigenvalue weighted by atomic mass is 16.5. The number of anilines is 1. The highest BCUT2D eigenvalue weighted by Crippen LogP contribution is 2.20. The molecule has 1 N–H and O–H groups in total.